The number of aryl methyl sites for hydroxylation is 3. The molecule has 2 aromatic heterocycles. The Bertz CT molecular complexity index is 962. The first-order chi connectivity index (χ1) is 13.3. The summed E-state index contributed by atoms with van der Waals surface area (Å²) in [6.45, 7) is 8.08. The molecule has 9 heteroatoms. The first kappa shape index (κ1) is 20.3. The van der Waals surface area contributed by atoms with E-state index in [0.29, 0.717) is 22.7 Å². The number of ether oxygens (including phenoxy) is 1. The van der Waals surface area contributed by atoms with Gasteiger partial charge in [0.15, 0.2) is 16.1 Å². The molecule has 148 valence electrons. The molecule has 0 bridgehead atoms. The van der Waals surface area contributed by atoms with Crippen LogP contribution in [-0.2, 0) is 18.4 Å². The third-order valence-electron chi connectivity index (χ3n) is 4.18. The summed E-state index contributed by atoms with van der Waals surface area (Å²) in [7, 11) is 1.88. The molecule has 2 heterocycles. The number of carbonyl (C=O) groups excluding carboxylic acids is 1. The molecule has 1 aromatic carbocycles. The lowest BCUT2D eigenvalue weighted by atomic mass is 10.1. The Morgan fingerprint density at radius 2 is 2.00 bits per heavy atom. The van der Waals surface area contributed by atoms with E-state index < -0.39 is 0 Å². The van der Waals surface area contributed by atoms with Crippen LogP contribution in [-0.4, -0.2) is 30.9 Å². The van der Waals surface area contributed by atoms with Gasteiger partial charge in [0.1, 0.15) is 12.4 Å². The fraction of sp³-hybridized carbons (Fsp3) is 0.368. The van der Waals surface area contributed by atoms with Crippen LogP contribution in [0.15, 0.2) is 28.7 Å². The lowest BCUT2D eigenvalue weighted by Crippen LogP contribution is -2.22. The average molecular weight is 418 g/mol. The molecule has 0 saturated carbocycles. The first-order valence-electron chi connectivity index (χ1n) is 8.82. The summed E-state index contributed by atoms with van der Waals surface area (Å²) in [4.78, 5) is 16.6. The Morgan fingerprint density at radius 1 is 1.29 bits per heavy atom. The van der Waals surface area contributed by atoms with Crippen molar-refractivity contribution in [3.8, 4) is 5.75 Å². The molecule has 0 saturated heterocycles. The zero-order valence-corrected chi connectivity index (χ0v) is 18.1. The van der Waals surface area contributed by atoms with Crippen LogP contribution < -0.4 is 10.1 Å². The van der Waals surface area contributed by atoms with Gasteiger partial charge in [-0.1, -0.05) is 30.0 Å². The standard InChI is InChI=1S/C19H23N5O2S2/c1-11-7-6-8-12(2)16(11)26-9-15-22-23-19(24(15)5)28-14(4)17(25)21-18-20-13(3)10-27-18/h6-8,10,14H,9H2,1-5H3,(H,20,21,25). The van der Waals surface area contributed by atoms with Gasteiger partial charge in [-0.05, 0) is 38.8 Å². The van der Waals surface area contributed by atoms with Gasteiger partial charge in [-0.2, -0.15) is 0 Å². The van der Waals surface area contributed by atoms with Crippen molar-refractivity contribution in [1.82, 2.24) is 19.7 Å². The van der Waals surface area contributed by atoms with Gasteiger partial charge in [-0.3, -0.25) is 4.79 Å². The van der Waals surface area contributed by atoms with Gasteiger partial charge < -0.3 is 14.6 Å². The summed E-state index contributed by atoms with van der Waals surface area (Å²) in [5, 5.41) is 14.1. The number of thiazole rings is 1. The maximum atomic E-state index is 12.4. The lowest BCUT2D eigenvalue weighted by Gasteiger charge is -2.12. The van der Waals surface area contributed by atoms with Crippen LogP contribution in [0.5, 0.6) is 5.75 Å². The summed E-state index contributed by atoms with van der Waals surface area (Å²) in [5.41, 5.74) is 3.06. The van der Waals surface area contributed by atoms with Crippen LogP contribution in [0.2, 0.25) is 0 Å². The van der Waals surface area contributed by atoms with Crippen molar-refractivity contribution < 1.29 is 9.53 Å². The summed E-state index contributed by atoms with van der Waals surface area (Å²) in [5.74, 6) is 1.45. The SMILES string of the molecule is Cc1csc(NC(=O)C(C)Sc2nnc(COc3c(C)cccc3C)n2C)n1. The quantitative estimate of drug-likeness (QED) is 0.587. The van der Waals surface area contributed by atoms with Crippen LogP contribution in [0.25, 0.3) is 0 Å². The predicted molar refractivity (Wildman–Crippen MR) is 112 cm³/mol. The number of thioether (sulfide) groups is 1. The van der Waals surface area contributed by atoms with Crippen molar-refractivity contribution >= 4 is 34.1 Å². The fourth-order valence-electron chi connectivity index (χ4n) is 2.57. The second-order valence-corrected chi connectivity index (χ2v) is 8.68. The van der Waals surface area contributed by atoms with Crippen molar-refractivity contribution in [3.63, 3.8) is 0 Å². The number of benzene rings is 1. The Morgan fingerprint density at radius 3 is 2.64 bits per heavy atom. The molecule has 28 heavy (non-hydrogen) atoms. The van der Waals surface area contributed by atoms with E-state index in [9.17, 15) is 4.79 Å². The molecule has 0 aliphatic rings. The van der Waals surface area contributed by atoms with Gasteiger partial charge in [0.25, 0.3) is 0 Å². The summed E-state index contributed by atoms with van der Waals surface area (Å²) in [6, 6.07) is 6.04. The van der Waals surface area contributed by atoms with Crippen molar-refractivity contribution in [2.45, 2.75) is 44.7 Å². The smallest absolute Gasteiger partial charge is 0.239 e. The molecule has 1 unspecified atom stereocenters. The van der Waals surface area contributed by atoms with E-state index in [2.05, 4.69) is 20.5 Å². The molecule has 1 amide bonds. The zero-order valence-electron chi connectivity index (χ0n) is 16.5. The first-order valence-corrected chi connectivity index (χ1v) is 10.6. The number of nitrogens with zero attached hydrogens (tertiary/aromatic N) is 4. The van der Waals surface area contributed by atoms with E-state index in [1.807, 2.05) is 62.9 Å². The Balaban J connectivity index is 1.61. The summed E-state index contributed by atoms with van der Waals surface area (Å²) in [6.07, 6.45) is 0. The number of carbonyl (C=O) groups is 1. The number of anilines is 1. The Labute approximate surface area is 172 Å². The molecule has 0 aliphatic carbocycles. The fourth-order valence-corrected chi connectivity index (χ4v) is 4.09. The molecule has 7 nitrogen and oxygen atoms in total. The largest absolute Gasteiger partial charge is 0.485 e. The van der Waals surface area contributed by atoms with Gasteiger partial charge in [0.05, 0.1) is 10.9 Å². The third-order valence-corrected chi connectivity index (χ3v) is 6.19. The molecular formula is C19H23N5O2S2. The highest BCUT2D eigenvalue weighted by atomic mass is 32.2. The van der Waals surface area contributed by atoms with Crippen LogP contribution in [0.3, 0.4) is 0 Å². The number of hydrogen-bond acceptors (Lipinski definition) is 7. The number of rotatable bonds is 7. The number of aromatic nitrogens is 4. The Hall–Kier alpha value is -2.39. The second kappa shape index (κ2) is 8.74. The van der Waals surface area contributed by atoms with Crippen molar-refractivity contribution in [2.24, 2.45) is 7.05 Å². The van der Waals surface area contributed by atoms with Crippen molar-refractivity contribution in [3.05, 3.63) is 46.2 Å². The molecule has 1 N–H and O–H groups in total. The molecule has 0 radical (unpaired) electrons. The molecule has 1 atom stereocenters. The summed E-state index contributed by atoms with van der Waals surface area (Å²) >= 11 is 2.77. The average Bonchev–Trinajstić information content (AvgIpc) is 3.21. The normalized spacial score (nSPS) is 12.0. The minimum atomic E-state index is -0.334. The van der Waals surface area contributed by atoms with Gasteiger partial charge in [0.2, 0.25) is 5.91 Å². The number of amides is 1. The molecular weight excluding hydrogens is 394 g/mol. The van der Waals surface area contributed by atoms with Crippen LogP contribution in [0.1, 0.15) is 29.6 Å². The summed E-state index contributed by atoms with van der Waals surface area (Å²) < 4.78 is 7.82. The van der Waals surface area contributed by atoms with Crippen LogP contribution in [0.4, 0.5) is 5.13 Å². The lowest BCUT2D eigenvalue weighted by molar-refractivity contribution is -0.115. The highest BCUT2D eigenvalue weighted by Gasteiger charge is 2.20. The highest BCUT2D eigenvalue weighted by Crippen LogP contribution is 2.26. The molecule has 0 spiro atoms. The molecule has 0 fully saturated rings. The van der Waals surface area contributed by atoms with Crippen LogP contribution in [0, 0.1) is 20.8 Å². The van der Waals surface area contributed by atoms with Crippen LogP contribution >= 0.6 is 23.1 Å². The second-order valence-electron chi connectivity index (χ2n) is 6.51. The van der Waals surface area contributed by atoms with E-state index in [0.717, 1.165) is 22.6 Å². The zero-order chi connectivity index (χ0) is 20.3. The van der Waals surface area contributed by atoms with Gasteiger partial charge in [0, 0.05) is 12.4 Å². The monoisotopic (exact) mass is 417 g/mol. The number of hydrogen-bond donors (Lipinski definition) is 1. The minimum Gasteiger partial charge on any atom is -0.485 e. The van der Waals surface area contributed by atoms with E-state index >= 15 is 0 Å². The van der Waals surface area contributed by atoms with Crippen molar-refractivity contribution in [2.75, 3.05) is 5.32 Å². The predicted octanol–water partition coefficient (Wildman–Crippen LogP) is 3.90. The van der Waals surface area contributed by atoms with E-state index in [1.165, 1.54) is 23.1 Å². The van der Waals surface area contributed by atoms with Gasteiger partial charge in [-0.15, -0.1) is 21.5 Å². The minimum absolute atomic E-state index is 0.115. The molecule has 3 rings (SSSR count). The number of para-hydroxylation sites is 1. The highest BCUT2D eigenvalue weighted by molar-refractivity contribution is 8.00. The Kier molecular flexibility index (Phi) is 6.35. The maximum absolute atomic E-state index is 12.4. The van der Waals surface area contributed by atoms with Gasteiger partial charge >= 0.3 is 0 Å². The molecule has 3 aromatic rings. The van der Waals surface area contributed by atoms with E-state index in [-0.39, 0.29) is 11.2 Å². The molecule has 0 aliphatic heterocycles. The maximum Gasteiger partial charge on any atom is 0.239 e. The van der Waals surface area contributed by atoms with Gasteiger partial charge in [-0.25, -0.2) is 4.98 Å². The third kappa shape index (κ3) is 4.71. The van der Waals surface area contributed by atoms with E-state index in [1.54, 1.807) is 0 Å². The van der Waals surface area contributed by atoms with E-state index in [4.69, 9.17) is 4.74 Å². The van der Waals surface area contributed by atoms with Crippen molar-refractivity contribution in [1.29, 1.82) is 0 Å². The number of nitrogens with one attached hydrogen (secondary N) is 1. The topological polar surface area (TPSA) is 81.9 Å².